The Morgan fingerprint density at radius 2 is 1.43 bits per heavy atom. The first kappa shape index (κ1) is 45.7. The maximum Gasteiger partial charge on any atom is 0.336 e. The van der Waals surface area contributed by atoms with Crippen LogP contribution in [-0.2, 0) is 39.9 Å². The fraction of sp³-hybridized carbons (Fsp3) is 0.459. The molecule has 0 aliphatic carbocycles. The quantitative estimate of drug-likeness (QED) is 0.0798. The van der Waals surface area contributed by atoms with Gasteiger partial charge in [0, 0.05) is 0 Å². The molecule has 0 spiro atoms. The molecule has 2 aromatic carbocycles. The highest BCUT2D eigenvalue weighted by molar-refractivity contribution is 7.91. The Balaban J connectivity index is 1.77. The second-order valence-electron chi connectivity index (χ2n) is 13.6. The highest BCUT2D eigenvalue weighted by Crippen LogP contribution is 2.28. The molecule has 7 N–H and O–H groups in total. The van der Waals surface area contributed by atoms with Gasteiger partial charge in [-0.15, -0.1) is 0 Å². The molecule has 1 fully saturated rings. The molecule has 19 heteroatoms. The standard InChI is InChI=1S/C37H45Cl2N5O11S/c1-4-8-26(31(46)35(50)40-18-28(45)43-30(37(53)54)20-9-6-5-7-10-20)41-33(48)27(15-19(2)3)42-34(49)29(21-11-13-56(55)14-12-21)44-32(47)22-16-24(38)25(39)17-23(22)36(51)52/h5-7,9-10,16-17,19,21,26-27,29-30H,4,8,11-15,18H2,1-3H3,(H,40,50)(H,41,48)(H,42,49)(H,43,45)(H,44,47)(H,51,52)(H,53,54)/t21?,26?,27-,29-,30-,56?/m0/s1. The first-order chi connectivity index (χ1) is 26.4. The number of carbonyl (C=O) groups is 8. The van der Waals surface area contributed by atoms with E-state index in [1.807, 2.05) is 0 Å². The molecule has 3 rings (SSSR count). The third-order valence-electron chi connectivity index (χ3n) is 8.88. The fourth-order valence-corrected chi connectivity index (χ4v) is 7.68. The predicted molar refractivity (Wildman–Crippen MR) is 206 cm³/mol. The number of hydrogen-bond acceptors (Lipinski definition) is 9. The normalized spacial score (nSPS) is 17.3. The predicted octanol–water partition coefficient (Wildman–Crippen LogP) is 2.39. The number of rotatable bonds is 19. The molecule has 1 saturated heterocycles. The van der Waals surface area contributed by atoms with Gasteiger partial charge >= 0.3 is 11.9 Å². The average Bonchev–Trinajstić information content (AvgIpc) is 3.15. The van der Waals surface area contributed by atoms with Gasteiger partial charge in [0.25, 0.3) is 11.8 Å². The highest BCUT2D eigenvalue weighted by Gasteiger charge is 2.38. The molecule has 0 saturated carbocycles. The van der Waals surface area contributed by atoms with E-state index in [2.05, 4.69) is 26.6 Å². The van der Waals surface area contributed by atoms with Crippen molar-refractivity contribution in [3.63, 3.8) is 0 Å². The van der Waals surface area contributed by atoms with Crippen LogP contribution < -0.4 is 26.6 Å². The second kappa shape index (κ2) is 21.6. The summed E-state index contributed by atoms with van der Waals surface area (Å²) in [6.45, 7) is 4.52. The van der Waals surface area contributed by atoms with E-state index in [0.717, 1.165) is 12.1 Å². The molecule has 16 nitrogen and oxygen atoms in total. The number of carboxylic acid groups (broad SMARTS) is 2. The fourth-order valence-electron chi connectivity index (χ4n) is 6.02. The van der Waals surface area contributed by atoms with E-state index >= 15 is 0 Å². The SMILES string of the molecule is CCCC(NC(=O)[C@H](CC(C)C)NC(=O)[C@@H](NC(=O)c1cc(Cl)c(Cl)cc1C(=O)O)C1CC[S+]([O-])CC1)C(=O)C(=O)NCC(=O)N[C@H](C(=O)O)c1ccccc1. The third-order valence-corrected chi connectivity index (χ3v) is 11.0. The minimum Gasteiger partial charge on any atom is -0.616 e. The minimum absolute atomic E-state index is 0.00902. The van der Waals surface area contributed by atoms with E-state index in [1.54, 1.807) is 39.0 Å². The third kappa shape index (κ3) is 13.2. The number of amides is 5. The van der Waals surface area contributed by atoms with Gasteiger partial charge in [-0.3, -0.25) is 28.8 Å². The van der Waals surface area contributed by atoms with Gasteiger partial charge in [0.2, 0.25) is 23.5 Å². The van der Waals surface area contributed by atoms with Crippen molar-refractivity contribution in [3.05, 3.63) is 69.2 Å². The average molecular weight is 839 g/mol. The molecule has 1 heterocycles. The zero-order valence-electron chi connectivity index (χ0n) is 30.9. The van der Waals surface area contributed by atoms with Crippen LogP contribution >= 0.6 is 23.2 Å². The summed E-state index contributed by atoms with van der Waals surface area (Å²) in [6.07, 6.45) is 0.946. The van der Waals surface area contributed by atoms with E-state index in [9.17, 15) is 53.1 Å². The molecule has 0 bridgehead atoms. The van der Waals surface area contributed by atoms with Crippen molar-refractivity contribution >= 4 is 81.6 Å². The Morgan fingerprint density at radius 1 is 0.839 bits per heavy atom. The topological polar surface area (TPSA) is 260 Å². The number of hydrogen-bond donors (Lipinski definition) is 7. The first-order valence-corrected chi connectivity index (χ1v) is 20.1. The molecule has 2 aromatic rings. The zero-order valence-corrected chi connectivity index (χ0v) is 33.2. The molecule has 0 aromatic heterocycles. The van der Waals surface area contributed by atoms with E-state index < -0.39 is 101 Å². The van der Waals surface area contributed by atoms with Crippen molar-refractivity contribution in [1.29, 1.82) is 0 Å². The molecule has 1 aliphatic heterocycles. The van der Waals surface area contributed by atoms with Crippen LogP contribution in [0.1, 0.15) is 85.2 Å². The number of aromatic carboxylic acids is 1. The minimum atomic E-state index is -1.47. The van der Waals surface area contributed by atoms with Crippen LogP contribution in [0, 0.1) is 11.8 Å². The Morgan fingerprint density at radius 3 is 1.98 bits per heavy atom. The molecule has 1 unspecified atom stereocenters. The lowest BCUT2D eigenvalue weighted by atomic mass is 9.91. The molecular weight excluding hydrogens is 793 g/mol. The molecule has 304 valence electrons. The molecule has 5 amide bonds. The molecule has 56 heavy (non-hydrogen) atoms. The van der Waals surface area contributed by atoms with Crippen molar-refractivity contribution < 1.29 is 53.1 Å². The summed E-state index contributed by atoms with van der Waals surface area (Å²) in [5.41, 5.74) is -0.548. The van der Waals surface area contributed by atoms with Crippen LogP contribution in [0.3, 0.4) is 0 Å². The highest BCUT2D eigenvalue weighted by atomic mass is 35.5. The van der Waals surface area contributed by atoms with Gasteiger partial charge in [0.1, 0.15) is 23.6 Å². The summed E-state index contributed by atoms with van der Waals surface area (Å²) in [6, 6.07) is 4.54. The second-order valence-corrected chi connectivity index (χ2v) is 16.1. The van der Waals surface area contributed by atoms with Crippen LogP contribution in [0.25, 0.3) is 0 Å². The smallest absolute Gasteiger partial charge is 0.336 e. The van der Waals surface area contributed by atoms with Gasteiger partial charge in [-0.1, -0.05) is 91.9 Å². The summed E-state index contributed by atoms with van der Waals surface area (Å²) in [5, 5.41) is 31.3. The van der Waals surface area contributed by atoms with E-state index in [-0.39, 0.29) is 64.3 Å². The maximum atomic E-state index is 14.0. The van der Waals surface area contributed by atoms with Crippen molar-refractivity contribution in [1.82, 2.24) is 26.6 Å². The number of carboxylic acids is 2. The first-order valence-electron chi connectivity index (χ1n) is 17.8. The van der Waals surface area contributed by atoms with E-state index in [4.69, 9.17) is 23.2 Å². The van der Waals surface area contributed by atoms with Gasteiger partial charge < -0.3 is 41.3 Å². The van der Waals surface area contributed by atoms with E-state index in [0.29, 0.717) is 6.42 Å². The Hall–Kier alpha value is -4.71. The van der Waals surface area contributed by atoms with Crippen molar-refractivity contribution in [2.75, 3.05) is 18.1 Å². The van der Waals surface area contributed by atoms with E-state index in [1.165, 1.54) is 12.1 Å². The molecule has 0 radical (unpaired) electrons. The Bertz CT molecular complexity index is 1790. The molecule has 1 aliphatic rings. The van der Waals surface area contributed by atoms with Crippen LogP contribution in [0.2, 0.25) is 10.0 Å². The number of carbonyl (C=O) groups excluding carboxylic acids is 6. The Kier molecular flexibility index (Phi) is 17.6. The van der Waals surface area contributed by atoms with Crippen LogP contribution in [0.15, 0.2) is 42.5 Å². The monoisotopic (exact) mass is 837 g/mol. The summed E-state index contributed by atoms with van der Waals surface area (Å²) in [7, 11) is 0. The molecule has 4 atom stereocenters. The van der Waals surface area contributed by atoms with Crippen LogP contribution in [0.4, 0.5) is 0 Å². The number of halogens is 2. The maximum absolute atomic E-state index is 14.0. The Labute approximate surface area is 336 Å². The summed E-state index contributed by atoms with van der Waals surface area (Å²) >= 11 is 10.9. The van der Waals surface area contributed by atoms with Gasteiger partial charge in [-0.05, 0) is 55.2 Å². The number of aliphatic carboxylic acids is 1. The number of benzene rings is 2. The largest absolute Gasteiger partial charge is 0.616 e. The van der Waals surface area contributed by atoms with Crippen molar-refractivity contribution in [2.24, 2.45) is 11.8 Å². The van der Waals surface area contributed by atoms with Crippen molar-refractivity contribution in [2.45, 2.75) is 77.0 Å². The summed E-state index contributed by atoms with van der Waals surface area (Å²) in [5.74, 6) is -8.82. The zero-order chi connectivity index (χ0) is 41.7. The molecular formula is C37H45Cl2N5O11S. The van der Waals surface area contributed by atoms with Crippen LogP contribution in [-0.4, -0.2) is 98.2 Å². The van der Waals surface area contributed by atoms with Gasteiger partial charge in [0.15, 0.2) is 6.04 Å². The lowest BCUT2D eigenvalue weighted by Crippen LogP contribution is -2.59. The summed E-state index contributed by atoms with van der Waals surface area (Å²) in [4.78, 5) is 104. The number of nitrogens with one attached hydrogen (secondary N) is 5. The van der Waals surface area contributed by atoms with Gasteiger partial charge in [-0.2, -0.15) is 0 Å². The lowest BCUT2D eigenvalue weighted by Gasteiger charge is -2.32. The number of Topliss-reactive ketones (excluding diaryl/α,β-unsaturated/α-hetero) is 1. The summed E-state index contributed by atoms with van der Waals surface area (Å²) < 4.78 is 12.2. The lowest BCUT2D eigenvalue weighted by molar-refractivity contribution is -0.142. The van der Waals surface area contributed by atoms with Gasteiger partial charge in [-0.25, -0.2) is 9.59 Å². The van der Waals surface area contributed by atoms with Crippen LogP contribution in [0.5, 0.6) is 0 Å². The number of ketones is 1. The van der Waals surface area contributed by atoms with Crippen molar-refractivity contribution in [3.8, 4) is 0 Å². The van der Waals surface area contributed by atoms with Gasteiger partial charge in [0.05, 0.1) is 33.8 Å².